The summed E-state index contributed by atoms with van der Waals surface area (Å²) in [7, 11) is 1.87. The molecule has 2 N–H and O–H groups in total. The van der Waals surface area contributed by atoms with Gasteiger partial charge in [-0.25, -0.2) is 4.98 Å². The van der Waals surface area contributed by atoms with Gasteiger partial charge in [-0.05, 0) is 68.6 Å². The van der Waals surface area contributed by atoms with Crippen molar-refractivity contribution in [3.05, 3.63) is 84.4 Å². The first-order chi connectivity index (χ1) is 19.5. The molecule has 1 fully saturated rings. The fourth-order valence-corrected chi connectivity index (χ4v) is 5.06. The number of benzene rings is 2. The summed E-state index contributed by atoms with van der Waals surface area (Å²) in [4.78, 5) is 32.8. The summed E-state index contributed by atoms with van der Waals surface area (Å²) in [5, 5.41) is 10.3. The van der Waals surface area contributed by atoms with Crippen molar-refractivity contribution < 1.29 is 9.59 Å². The Kier molecular flexibility index (Phi) is 9.03. The van der Waals surface area contributed by atoms with Gasteiger partial charge in [0.1, 0.15) is 0 Å². The molecular formula is C31H37N7O2. The molecule has 5 rings (SSSR count). The maximum atomic E-state index is 13.3. The predicted molar refractivity (Wildman–Crippen MR) is 156 cm³/mol. The standard InChI is InChI=1S/C31H37N7O2/c1-36-22-26(21-33-36)24-10-8-11-25(20-24)30(40)35-31-34-27(23-38(31)28-13-4-2-5-14-28)12-9-15-29(39)32-16-19-37-17-6-3-7-18-37/h2,4-5,8,10-11,13-14,20-23H,3,6-7,9,12,15-19H2,1H3,(H,32,39)(H,34,35,40). The van der Waals surface area contributed by atoms with Gasteiger partial charge in [-0.15, -0.1) is 0 Å². The lowest BCUT2D eigenvalue weighted by Crippen LogP contribution is -2.37. The molecule has 2 aromatic heterocycles. The number of hydrogen-bond donors (Lipinski definition) is 2. The Hall–Kier alpha value is -4.24. The van der Waals surface area contributed by atoms with Crippen molar-refractivity contribution in [3.8, 4) is 16.8 Å². The summed E-state index contributed by atoms with van der Waals surface area (Å²) < 4.78 is 3.62. The Morgan fingerprint density at radius 1 is 0.950 bits per heavy atom. The van der Waals surface area contributed by atoms with E-state index in [9.17, 15) is 9.59 Å². The van der Waals surface area contributed by atoms with Gasteiger partial charge in [0.25, 0.3) is 5.91 Å². The van der Waals surface area contributed by atoms with E-state index in [4.69, 9.17) is 4.98 Å². The van der Waals surface area contributed by atoms with Crippen molar-refractivity contribution >= 4 is 17.8 Å². The first-order valence-electron chi connectivity index (χ1n) is 14.1. The lowest BCUT2D eigenvalue weighted by Gasteiger charge is -2.26. The van der Waals surface area contributed by atoms with Crippen molar-refractivity contribution in [1.29, 1.82) is 0 Å². The molecule has 0 saturated carbocycles. The van der Waals surface area contributed by atoms with Crippen LogP contribution < -0.4 is 10.6 Å². The number of piperidine rings is 1. The topological polar surface area (TPSA) is 97.1 Å². The number of carbonyl (C=O) groups excluding carboxylic acids is 2. The largest absolute Gasteiger partial charge is 0.355 e. The van der Waals surface area contributed by atoms with Crippen LogP contribution in [0.15, 0.2) is 73.2 Å². The maximum Gasteiger partial charge on any atom is 0.258 e. The van der Waals surface area contributed by atoms with Crippen molar-refractivity contribution in [2.75, 3.05) is 31.5 Å². The lowest BCUT2D eigenvalue weighted by molar-refractivity contribution is -0.121. The molecule has 0 unspecified atom stereocenters. The Labute approximate surface area is 235 Å². The van der Waals surface area contributed by atoms with E-state index in [0.29, 0.717) is 37.3 Å². The van der Waals surface area contributed by atoms with Gasteiger partial charge in [-0.3, -0.25) is 24.2 Å². The van der Waals surface area contributed by atoms with Crippen LogP contribution in [0.3, 0.4) is 0 Å². The van der Waals surface area contributed by atoms with E-state index in [-0.39, 0.29) is 11.8 Å². The van der Waals surface area contributed by atoms with Gasteiger partial charge in [0, 0.05) is 55.8 Å². The quantitative estimate of drug-likeness (QED) is 0.294. The SMILES string of the molecule is Cn1cc(-c2cccc(C(=O)Nc3nc(CCCC(=O)NCCN4CCCCC4)cn3-c3ccccc3)c2)cn1. The second-order valence-electron chi connectivity index (χ2n) is 10.3. The molecule has 40 heavy (non-hydrogen) atoms. The number of anilines is 1. The minimum atomic E-state index is -0.242. The van der Waals surface area contributed by atoms with E-state index in [1.165, 1.54) is 19.3 Å². The van der Waals surface area contributed by atoms with Gasteiger partial charge in [0.2, 0.25) is 11.9 Å². The summed E-state index contributed by atoms with van der Waals surface area (Å²) >= 11 is 0. The molecule has 0 radical (unpaired) electrons. The normalized spacial score (nSPS) is 13.7. The number of rotatable bonds is 11. The first-order valence-corrected chi connectivity index (χ1v) is 14.1. The zero-order chi connectivity index (χ0) is 27.7. The minimum absolute atomic E-state index is 0.0709. The van der Waals surface area contributed by atoms with Crippen molar-refractivity contribution in [2.45, 2.75) is 38.5 Å². The van der Waals surface area contributed by atoms with E-state index >= 15 is 0 Å². The summed E-state index contributed by atoms with van der Waals surface area (Å²) in [6.07, 6.45) is 11.2. The molecule has 1 saturated heterocycles. The van der Waals surface area contributed by atoms with Crippen molar-refractivity contribution in [1.82, 2.24) is 29.5 Å². The van der Waals surface area contributed by atoms with Crippen LogP contribution in [0.4, 0.5) is 5.95 Å². The Morgan fingerprint density at radius 2 is 1.77 bits per heavy atom. The molecular weight excluding hydrogens is 502 g/mol. The van der Waals surface area contributed by atoms with Crippen LogP contribution in [0.25, 0.3) is 16.8 Å². The number of likely N-dealkylation sites (tertiary alicyclic amines) is 1. The van der Waals surface area contributed by atoms with Gasteiger partial charge in [-0.2, -0.15) is 5.10 Å². The fourth-order valence-electron chi connectivity index (χ4n) is 5.06. The van der Waals surface area contributed by atoms with Gasteiger partial charge < -0.3 is 10.2 Å². The number of amides is 2. The first kappa shape index (κ1) is 27.3. The molecule has 9 heteroatoms. The Balaban J connectivity index is 1.21. The fraction of sp³-hybridized carbons (Fsp3) is 0.355. The Morgan fingerprint density at radius 3 is 2.55 bits per heavy atom. The third kappa shape index (κ3) is 7.24. The highest BCUT2D eigenvalue weighted by Crippen LogP contribution is 2.22. The number of hydrogen-bond acceptors (Lipinski definition) is 5. The summed E-state index contributed by atoms with van der Waals surface area (Å²) in [5.74, 6) is 0.277. The molecule has 0 atom stereocenters. The highest BCUT2D eigenvalue weighted by Gasteiger charge is 2.16. The van der Waals surface area contributed by atoms with Crippen molar-refractivity contribution in [2.24, 2.45) is 7.05 Å². The summed E-state index contributed by atoms with van der Waals surface area (Å²) in [6, 6.07) is 17.3. The molecule has 0 aliphatic carbocycles. The third-order valence-corrected chi connectivity index (χ3v) is 7.21. The second kappa shape index (κ2) is 13.2. The van der Waals surface area contributed by atoms with Crippen LogP contribution in [-0.4, -0.2) is 62.2 Å². The molecule has 208 valence electrons. The molecule has 9 nitrogen and oxygen atoms in total. The Bertz CT molecular complexity index is 1420. The zero-order valence-electron chi connectivity index (χ0n) is 23.1. The average Bonchev–Trinajstić information content (AvgIpc) is 3.60. The van der Waals surface area contributed by atoms with Gasteiger partial charge in [0.15, 0.2) is 0 Å². The average molecular weight is 540 g/mol. The highest BCUT2D eigenvalue weighted by molar-refractivity contribution is 6.04. The summed E-state index contributed by atoms with van der Waals surface area (Å²) in [5.41, 5.74) is 4.12. The monoisotopic (exact) mass is 539 g/mol. The lowest BCUT2D eigenvalue weighted by atomic mass is 10.1. The van der Waals surface area contributed by atoms with Crippen LogP contribution in [-0.2, 0) is 18.3 Å². The third-order valence-electron chi connectivity index (χ3n) is 7.21. The number of aryl methyl sites for hydroxylation is 2. The molecule has 4 aromatic rings. The van der Waals surface area contributed by atoms with E-state index in [2.05, 4.69) is 20.6 Å². The molecule has 2 amide bonds. The van der Waals surface area contributed by atoms with E-state index < -0.39 is 0 Å². The van der Waals surface area contributed by atoms with Crippen LogP contribution >= 0.6 is 0 Å². The smallest absolute Gasteiger partial charge is 0.258 e. The van der Waals surface area contributed by atoms with Crippen LogP contribution in [0.1, 0.15) is 48.2 Å². The molecule has 1 aliphatic heterocycles. The van der Waals surface area contributed by atoms with E-state index in [0.717, 1.165) is 42.1 Å². The molecule has 1 aliphatic rings. The molecule has 2 aromatic carbocycles. The number of nitrogens with zero attached hydrogens (tertiary/aromatic N) is 5. The number of imidazole rings is 1. The second-order valence-corrected chi connectivity index (χ2v) is 10.3. The van der Waals surface area contributed by atoms with E-state index in [1.807, 2.05) is 72.5 Å². The number of nitrogens with one attached hydrogen (secondary N) is 2. The van der Waals surface area contributed by atoms with Gasteiger partial charge >= 0.3 is 0 Å². The highest BCUT2D eigenvalue weighted by atomic mass is 16.2. The predicted octanol–water partition coefficient (Wildman–Crippen LogP) is 4.45. The van der Waals surface area contributed by atoms with Gasteiger partial charge in [-0.1, -0.05) is 36.8 Å². The molecule has 0 spiro atoms. The van der Waals surface area contributed by atoms with Crippen LogP contribution in [0, 0.1) is 0 Å². The minimum Gasteiger partial charge on any atom is -0.355 e. The van der Waals surface area contributed by atoms with Crippen LogP contribution in [0.2, 0.25) is 0 Å². The van der Waals surface area contributed by atoms with Gasteiger partial charge in [0.05, 0.1) is 11.9 Å². The number of para-hydroxylation sites is 1. The van der Waals surface area contributed by atoms with Crippen LogP contribution in [0.5, 0.6) is 0 Å². The summed E-state index contributed by atoms with van der Waals surface area (Å²) in [6.45, 7) is 3.88. The number of aromatic nitrogens is 4. The van der Waals surface area contributed by atoms with Crippen molar-refractivity contribution in [3.63, 3.8) is 0 Å². The number of carbonyl (C=O) groups is 2. The zero-order valence-corrected chi connectivity index (χ0v) is 23.1. The van der Waals surface area contributed by atoms with E-state index in [1.54, 1.807) is 16.9 Å². The molecule has 0 bridgehead atoms. The maximum absolute atomic E-state index is 13.3. The molecule has 3 heterocycles.